The average Bonchev–Trinajstić information content (AvgIpc) is 3.06. The van der Waals surface area contributed by atoms with E-state index in [0.717, 1.165) is 0 Å². The second-order valence-corrected chi connectivity index (χ2v) is 8.70. The highest BCUT2D eigenvalue weighted by atomic mass is 32.2. The second kappa shape index (κ2) is 8.23. The fourth-order valence-electron chi connectivity index (χ4n) is 3.48. The Bertz CT molecular complexity index is 766. The largest absolute Gasteiger partial charge is 0.469 e. The summed E-state index contributed by atoms with van der Waals surface area (Å²) in [4.78, 5) is 15.5. The van der Waals surface area contributed by atoms with Crippen LogP contribution in [0.15, 0.2) is 17.6 Å². The maximum Gasteiger partial charge on any atom is 0.308 e. The third kappa shape index (κ3) is 4.49. The van der Waals surface area contributed by atoms with Crippen LogP contribution in [0.5, 0.6) is 0 Å². The minimum atomic E-state index is -3.92. The van der Waals surface area contributed by atoms with Gasteiger partial charge in [0.25, 0.3) is 10.0 Å². The van der Waals surface area contributed by atoms with E-state index in [1.54, 1.807) is 11.6 Å². The number of fused-ring (bicyclic) bond motifs is 1. The number of rotatable bonds is 4. The van der Waals surface area contributed by atoms with Gasteiger partial charge in [-0.05, 0) is 12.8 Å². The van der Waals surface area contributed by atoms with Gasteiger partial charge in [-0.15, -0.1) is 0 Å². The van der Waals surface area contributed by atoms with Crippen molar-refractivity contribution >= 4 is 16.0 Å². The van der Waals surface area contributed by atoms with Crippen molar-refractivity contribution in [1.82, 2.24) is 13.9 Å². The number of hydrogen-bond acceptors (Lipinski definition) is 8. The first kappa shape index (κ1) is 20.2. The summed E-state index contributed by atoms with van der Waals surface area (Å²) in [6.07, 6.45) is 2.08. The van der Waals surface area contributed by atoms with Gasteiger partial charge < -0.3 is 23.9 Å². The number of β-amino-alcohol motifs (C(OH)–C–C–N with tert-alkyl or cyclic N) is 1. The molecule has 0 unspecified atom stereocenters. The molecule has 10 nitrogen and oxygen atoms in total. The van der Waals surface area contributed by atoms with E-state index in [1.807, 2.05) is 0 Å². The minimum absolute atomic E-state index is 0.00247. The molecule has 0 amide bonds. The van der Waals surface area contributed by atoms with Crippen LogP contribution in [0.3, 0.4) is 0 Å². The molecule has 0 radical (unpaired) electrons. The van der Waals surface area contributed by atoms with Gasteiger partial charge in [0.1, 0.15) is 0 Å². The van der Waals surface area contributed by atoms with Crippen molar-refractivity contribution in [3.8, 4) is 0 Å². The summed E-state index contributed by atoms with van der Waals surface area (Å²) in [7, 11) is -0.913. The van der Waals surface area contributed by atoms with Crippen molar-refractivity contribution in [3.63, 3.8) is 0 Å². The Morgan fingerprint density at radius 3 is 2.85 bits per heavy atom. The van der Waals surface area contributed by atoms with E-state index in [-0.39, 0.29) is 43.3 Å². The summed E-state index contributed by atoms with van der Waals surface area (Å²) in [5.74, 6) is -0.376. The Hall–Kier alpha value is -1.53. The molecule has 2 aliphatic heterocycles. The van der Waals surface area contributed by atoms with Crippen molar-refractivity contribution in [2.24, 2.45) is 7.05 Å². The van der Waals surface area contributed by atoms with Gasteiger partial charge in [-0.2, -0.15) is 4.31 Å². The van der Waals surface area contributed by atoms with E-state index >= 15 is 0 Å². The Balaban J connectivity index is 1.84. The quantitative estimate of drug-likeness (QED) is 0.654. The molecule has 0 bridgehead atoms. The number of esters is 1. The maximum absolute atomic E-state index is 13.1. The van der Waals surface area contributed by atoms with Crippen LogP contribution in [0.1, 0.15) is 19.3 Å². The van der Waals surface area contributed by atoms with Crippen molar-refractivity contribution < 1.29 is 32.5 Å². The van der Waals surface area contributed by atoms with E-state index in [2.05, 4.69) is 9.72 Å². The fraction of sp³-hybridized carbons (Fsp3) is 0.750. The van der Waals surface area contributed by atoms with Gasteiger partial charge in [-0.1, -0.05) is 0 Å². The number of ether oxygens (including phenoxy) is 3. The summed E-state index contributed by atoms with van der Waals surface area (Å²) in [5.41, 5.74) is 0. The maximum atomic E-state index is 13.1. The van der Waals surface area contributed by atoms with Crippen LogP contribution < -0.4 is 0 Å². The summed E-state index contributed by atoms with van der Waals surface area (Å²) < 4.78 is 45.2. The lowest BCUT2D eigenvalue weighted by atomic mass is 9.96. The first-order valence-electron chi connectivity index (χ1n) is 8.79. The predicted octanol–water partition coefficient (Wildman–Crippen LogP) is -0.719. The number of sulfonamides is 1. The highest BCUT2D eigenvalue weighted by Gasteiger charge is 2.43. The first-order valence-corrected chi connectivity index (χ1v) is 10.2. The van der Waals surface area contributed by atoms with Gasteiger partial charge in [-0.3, -0.25) is 4.79 Å². The molecule has 1 N–H and O–H groups in total. The normalized spacial score (nSPS) is 30.2. The van der Waals surface area contributed by atoms with E-state index in [9.17, 15) is 18.3 Å². The van der Waals surface area contributed by atoms with Crippen LogP contribution >= 0.6 is 0 Å². The Kier molecular flexibility index (Phi) is 6.16. The molecule has 27 heavy (non-hydrogen) atoms. The zero-order valence-electron chi connectivity index (χ0n) is 15.4. The van der Waals surface area contributed by atoms with E-state index in [4.69, 9.17) is 9.47 Å². The lowest BCUT2D eigenvalue weighted by Crippen LogP contribution is -2.57. The number of aromatic nitrogens is 2. The highest BCUT2D eigenvalue weighted by Crippen LogP contribution is 2.31. The Morgan fingerprint density at radius 2 is 2.19 bits per heavy atom. The van der Waals surface area contributed by atoms with E-state index in [1.165, 1.54) is 23.9 Å². The molecular weight excluding hydrogens is 378 g/mol. The highest BCUT2D eigenvalue weighted by molar-refractivity contribution is 7.89. The molecule has 152 valence electrons. The lowest BCUT2D eigenvalue weighted by molar-refractivity contribution is -0.157. The predicted molar refractivity (Wildman–Crippen MR) is 92.2 cm³/mol. The van der Waals surface area contributed by atoms with E-state index < -0.39 is 28.3 Å². The van der Waals surface area contributed by atoms with Crippen LogP contribution in [0, 0.1) is 0 Å². The SMILES string of the molecule is COC(=O)C[C@H]1CC[C@@H]2[C@H](COC[C@H](O)CN2S(=O)(=O)c2cn(C)cn2)O1. The lowest BCUT2D eigenvalue weighted by Gasteiger charge is -2.43. The summed E-state index contributed by atoms with van der Waals surface area (Å²) in [5, 5.41) is 10.1. The number of aliphatic hydroxyl groups is 1. The molecule has 4 atom stereocenters. The number of nitrogens with zero attached hydrogens (tertiary/aromatic N) is 3. The molecule has 0 aliphatic carbocycles. The van der Waals surface area contributed by atoms with Gasteiger partial charge in [0, 0.05) is 19.8 Å². The zero-order valence-corrected chi connectivity index (χ0v) is 16.2. The van der Waals surface area contributed by atoms with Crippen molar-refractivity contribution in [2.75, 3.05) is 26.9 Å². The number of aliphatic hydroxyl groups excluding tert-OH is 1. The zero-order chi connectivity index (χ0) is 19.6. The number of imidazole rings is 1. The third-order valence-electron chi connectivity index (χ3n) is 4.81. The minimum Gasteiger partial charge on any atom is -0.469 e. The van der Waals surface area contributed by atoms with Crippen molar-refractivity contribution in [3.05, 3.63) is 12.5 Å². The molecule has 1 aromatic heterocycles. The summed E-state index contributed by atoms with van der Waals surface area (Å²) in [6.45, 7) is 0.0290. The van der Waals surface area contributed by atoms with Crippen LogP contribution in [-0.2, 0) is 36.1 Å². The molecule has 0 spiro atoms. The van der Waals surface area contributed by atoms with Crippen molar-refractivity contribution in [1.29, 1.82) is 0 Å². The number of carbonyl (C=O) groups is 1. The number of methoxy groups -OCH3 is 1. The molecule has 1 aromatic rings. The molecule has 2 aliphatic rings. The standard InChI is InChI=1S/C16H25N3O7S/c1-18-7-15(17-10-18)27(22,23)19-6-11(20)8-25-9-14-13(19)4-3-12(26-14)5-16(21)24-2/h7,10-14,20H,3-6,8-9H2,1-2H3/t11-,12-,13-,14+/m1/s1. The molecule has 3 heterocycles. The average molecular weight is 403 g/mol. The molecular formula is C16H25N3O7S. The molecule has 11 heteroatoms. The van der Waals surface area contributed by atoms with Crippen LogP contribution in [0.2, 0.25) is 0 Å². The molecule has 0 saturated carbocycles. The molecule has 3 rings (SSSR count). The number of carbonyl (C=O) groups excluding carboxylic acids is 1. The second-order valence-electron chi connectivity index (χ2n) is 6.86. The van der Waals surface area contributed by atoms with Crippen LogP contribution in [0.4, 0.5) is 0 Å². The van der Waals surface area contributed by atoms with Gasteiger partial charge >= 0.3 is 5.97 Å². The van der Waals surface area contributed by atoms with Gasteiger partial charge in [0.15, 0.2) is 5.03 Å². The molecule has 0 aromatic carbocycles. The molecule has 2 saturated heterocycles. The van der Waals surface area contributed by atoms with E-state index in [0.29, 0.717) is 12.8 Å². The van der Waals surface area contributed by atoms with Gasteiger partial charge in [-0.25, -0.2) is 13.4 Å². The fourth-order valence-corrected chi connectivity index (χ4v) is 5.17. The Labute approximate surface area is 158 Å². The third-order valence-corrected chi connectivity index (χ3v) is 6.59. The number of aryl methyl sites for hydroxylation is 1. The Morgan fingerprint density at radius 1 is 1.41 bits per heavy atom. The van der Waals surface area contributed by atoms with Crippen molar-refractivity contribution in [2.45, 2.75) is 48.6 Å². The summed E-state index contributed by atoms with van der Waals surface area (Å²) in [6, 6.07) is -0.513. The van der Waals surface area contributed by atoms with Gasteiger partial charge in [0.2, 0.25) is 0 Å². The van der Waals surface area contributed by atoms with Gasteiger partial charge in [0.05, 0.1) is 57.4 Å². The molecule has 2 fully saturated rings. The smallest absolute Gasteiger partial charge is 0.308 e. The van der Waals surface area contributed by atoms with Crippen LogP contribution in [0.25, 0.3) is 0 Å². The number of hydrogen-bond donors (Lipinski definition) is 1. The topological polar surface area (TPSA) is 120 Å². The van der Waals surface area contributed by atoms with Crippen LogP contribution in [-0.4, -0.2) is 84.6 Å². The first-order chi connectivity index (χ1) is 12.8. The monoisotopic (exact) mass is 403 g/mol. The summed E-state index contributed by atoms with van der Waals surface area (Å²) >= 11 is 0.